The van der Waals surface area contributed by atoms with Crippen molar-refractivity contribution in [3.8, 4) is 0 Å². The fourth-order valence-corrected chi connectivity index (χ4v) is 5.26. The van der Waals surface area contributed by atoms with Crippen molar-refractivity contribution in [1.29, 1.82) is 0 Å². The monoisotopic (exact) mass is 416 g/mol. The van der Waals surface area contributed by atoms with Crippen LogP contribution in [0.5, 0.6) is 0 Å². The number of piperazine rings is 1. The van der Waals surface area contributed by atoms with Crippen molar-refractivity contribution in [3.63, 3.8) is 0 Å². The van der Waals surface area contributed by atoms with Crippen molar-refractivity contribution in [2.75, 3.05) is 37.7 Å². The SMILES string of the molecule is CCOC(=O)C1CC(S(=O)(=O)N2CCN(c3cc(Cl)ccc3C)CC2)NN1. The summed E-state index contributed by atoms with van der Waals surface area (Å²) >= 11 is 6.10. The number of carbonyl (C=O) groups is 1. The zero-order valence-corrected chi connectivity index (χ0v) is 17.0. The molecule has 0 saturated carbocycles. The maximum absolute atomic E-state index is 12.9. The molecule has 2 aliphatic heterocycles. The lowest BCUT2D eigenvalue weighted by molar-refractivity contribution is -0.145. The van der Waals surface area contributed by atoms with Gasteiger partial charge < -0.3 is 9.64 Å². The van der Waals surface area contributed by atoms with Crippen LogP contribution < -0.4 is 15.8 Å². The van der Waals surface area contributed by atoms with Crippen molar-refractivity contribution in [2.24, 2.45) is 0 Å². The number of hydrogen-bond acceptors (Lipinski definition) is 7. The number of anilines is 1. The minimum absolute atomic E-state index is 0.148. The van der Waals surface area contributed by atoms with Gasteiger partial charge in [-0.3, -0.25) is 4.79 Å². The Hall–Kier alpha value is -1.39. The largest absolute Gasteiger partial charge is 0.465 e. The van der Waals surface area contributed by atoms with Gasteiger partial charge in [-0.05, 0) is 31.5 Å². The average molecular weight is 417 g/mol. The van der Waals surface area contributed by atoms with Gasteiger partial charge in [-0.15, -0.1) is 0 Å². The van der Waals surface area contributed by atoms with Crippen LogP contribution in [0.2, 0.25) is 5.02 Å². The third-order valence-electron chi connectivity index (χ3n) is 4.91. The molecular formula is C17H25ClN4O4S. The number of nitrogens with zero attached hydrogens (tertiary/aromatic N) is 2. The number of carbonyl (C=O) groups excluding carboxylic acids is 1. The minimum atomic E-state index is -3.57. The predicted octanol–water partition coefficient (Wildman–Crippen LogP) is 0.856. The van der Waals surface area contributed by atoms with Crippen molar-refractivity contribution < 1.29 is 17.9 Å². The fourth-order valence-electron chi connectivity index (χ4n) is 3.41. The van der Waals surface area contributed by atoms with Crippen molar-refractivity contribution in [3.05, 3.63) is 28.8 Å². The van der Waals surface area contributed by atoms with Crippen LogP contribution in [-0.2, 0) is 19.6 Å². The Kier molecular flexibility index (Phi) is 6.27. The van der Waals surface area contributed by atoms with Gasteiger partial charge in [0, 0.05) is 43.3 Å². The molecule has 0 spiro atoms. The molecule has 2 N–H and O–H groups in total. The number of benzene rings is 1. The number of hydrazine groups is 1. The molecule has 10 heteroatoms. The minimum Gasteiger partial charge on any atom is -0.465 e. The second kappa shape index (κ2) is 8.32. The van der Waals surface area contributed by atoms with Crippen molar-refractivity contribution in [1.82, 2.24) is 15.2 Å². The summed E-state index contributed by atoms with van der Waals surface area (Å²) in [5, 5.41) is -0.178. The number of nitrogens with one attached hydrogen (secondary N) is 2. The van der Waals surface area contributed by atoms with Crippen molar-refractivity contribution in [2.45, 2.75) is 31.7 Å². The summed E-state index contributed by atoms with van der Waals surface area (Å²) in [6.07, 6.45) is 0.148. The normalized spacial score (nSPS) is 24.2. The van der Waals surface area contributed by atoms with Crippen LogP contribution in [0, 0.1) is 6.92 Å². The summed E-state index contributed by atoms with van der Waals surface area (Å²) < 4.78 is 32.3. The molecule has 2 saturated heterocycles. The van der Waals surface area contributed by atoms with Crippen LogP contribution in [0.25, 0.3) is 0 Å². The molecule has 0 radical (unpaired) electrons. The quantitative estimate of drug-likeness (QED) is 0.688. The first-order chi connectivity index (χ1) is 12.8. The molecule has 2 atom stereocenters. The van der Waals surface area contributed by atoms with E-state index in [0.717, 1.165) is 11.3 Å². The fraction of sp³-hybridized carbons (Fsp3) is 0.588. The van der Waals surface area contributed by atoms with Gasteiger partial charge in [-0.2, -0.15) is 4.31 Å². The smallest absolute Gasteiger partial charge is 0.324 e. The summed E-state index contributed by atoms with van der Waals surface area (Å²) in [7, 11) is -3.57. The van der Waals surface area contributed by atoms with E-state index in [1.165, 1.54) is 4.31 Å². The molecule has 0 aliphatic carbocycles. The highest BCUT2D eigenvalue weighted by atomic mass is 35.5. The van der Waals surface area contributed by atoms with E-state index < -0.39 is 27.4 Å². The van der Waals surface area contributed by atoms with E-state index in [4.69, 9.17) is 16.3 Å². The van der Waals surface area contributed by atoms with Gasteiger partial charge in [-0.1, -0.05) is 17.7 Å². The highest BCUT2D eigenvalue weighted by molar-refractivity contribution is 7.89. The number of sulfonamides is 1. The summed E-state index contributed by atoms with van der Waals surface area (Å²) in [6, 6.07) is 5.07. The maximum Gasteiger partial charge on any atom is 0.324 e. The van der Waals surface area contributed by atoms with Gasteiger partial charge in [0.2, 0.25) is 10.0 Å². The van der Waals surface area contributed by atoms with E-state index in [9.17, 15) is 13.2 Å². The van der Waals surface area contributed by atoms with E-state index >= 15 is 0 Å². The van der Waals surface area contributed by atoms with E-state index in [1.807, 2.05) is 25.1 Å². The summed E-state index contributed by atoms with van der Waals surface area (Å²) in [6.45, 7) is 5.93. The van der Waals surface area contributed by atoms with E-state index in [-0.39, 0.29) is 13.0 Å². The molecule has 150 valence electrons. The second-order valence-corrected chi connectivity index (χ2v) is 9.23. The Bertz CT molecular complexity index is 796. The topological polar surface area (TPSA) is 91.0 Å². The lowest BCUT2D eigenvalue weighted by Gasteiger charge is -2.37. The van der Waals surface area contributed by atoms with Crippen LogP contribution in [0.15, 0.2) is 18.2 Å². The second-order valence-electron chi connectivity index (χ2n) is 6.68. The first-order valence-electron chi connectivity index (χ1n) is 9.00. The van der Waals surface area contributed by atoms with Crippen LogP contribution in [0.3, 0.4) is 0 Å². The maximum atomic E-state index is 12.9. The zero-order chi connectivity index (χ0) is 19.6. The van der Waals surface area contributed by atoms with E-state index in [1.54, 1.807) is 6.92 Å². The number of aryl methyl sites for hydroxylation is 1. The van der Waals surface area contributed by atoms with Crippen molar-refractivity contribution >= 4 is 33.3 Å². The molecule has 27 heavy (non-hydrogen) atoms. The Balaban J connectivity index is 1.62. The molecule has 0 amide bonds. The molecule has 2 unspecified atom stereocenters. The van der Waals surface area contributed by atoms with E-state index in [0.29, 0.717) is 31.2 Å². The van der Waals surface area contributed by atoms with Crippen LogP contribution in [0.1, 0.15) is 18.9 Å². The molecule has 2 heterocycles. The molecule has 2 fully saturated rings. The van der Waals surface area contributed by atoms with Crippen LogP contribution in [-0.4, -0.2) is 62.9 Å². The molecule has 3 rings (SSSR count). The molecule has 2 aliphatic rings. The summed E-state index contributed by atoms with van der Waals surface area (Å²) in [4.78, 5) is 14.0. The number of esters is 1. The third kappa shape index (κ3) is 4.38. The molecule has 0 aromatic heterocycles. The lowest BCUT2D eigenvalue weighted by atomic mass is 10.1. The van der Waals surface area contributed by atoms with Crippen LogP contribution >= 0.6 is 11.6 Å². The van der Waals surface area contributed by atoms with Gasteiger partial charge in [0.15, 0.2) is 0 Å². The van der Waals surface area contributed by atoms with Gasteiger partial charge in [-0.25, -0.2) is 19.3 Å². The molecule has 1 aromatic rings. The highest BCUT2D eigenvalue weighted by Gasteiger charge is 2.41. The van der Waals surface area contributed by atoms with Gasteiger partial charge in [0.1, 0.15) is 11.4 Å². The summed E-state index contributed by atoms with van der Waals surface area (Å²) in [5.74, 6) is -0.441. The lowest BCUT2D eigenvalue weighted by Crippen LogP contribution is -2.53. The molecular weight excluding hydrogens is 392 g/mol. The third-order valence-corrected chi connectivity index (χ3v) is 7.26. The van der Waals surface area contributed by atoms with Gasteiger partial charge in [0.25, 0.3) is 0 Å². The number of rotatable bonds is 5. The molecule has 1 aromatic carbocycles. The number of halogens is 1. The number of ether oxygens (including phenoxy) is 1. The predicted molar refractivity (Wildman–Crippen MR) is 104 cm³/mol. The van der Waals surface area contributed by atoms with Gasteiger partial charge >= 0.3 is 5.97 Å². The first-order valence-corrected chi connectivity index (χ1v) is 10.9. The molecule has 8 nitrogen and oxygen atoms in total. The summed E-state index contributed by atoms with van der Waals surface area (Å²) in [5.41, 5.74) is 7.60. The number of hydrogen-bond donors (Lipinski definition) is 2. The molecule has 0 bridgehead atoms. The Morgan fingerprint density at radius 1 is 1.26 bits per heavy atom. The average Bonchev–Trinajstić information content (AvgIpc) is 3.15. The Morgan fingerprint density at radius 3 is 2.63 bits per heavy atom. The Labute approximate surface area is 164 Å². The van der Waals surface area contributed by atoms with Crippen LogP contribution in [0.4, 0.5) is 5.69 Å². The van der Waals surface area contributed by atoms with Gasteiger partial charge in [0.05, 0.1) is 6.61 Å². The highest BCUT2D eigenvalue weighted by Crippen LogP contribution is 2.26. The van der Waals surface area contributed by atoms with E-state index in [2.05, 4.69) is 15.8 Å². The standard InChI is InChI=1S/C17H25ClN4O4S/c1-3-26-17(23)14-11-16(20-19-14)27(24,25)22-8-6-21(7-9-22)15-10-13(18)5-4-12(15)2/h4-5,10,14,16,19-20H,3,6-9,11H2,1-2H3. The zero-order valence-electron chi connectivity index (χ0n) is 15.4. The Morgan fingerprint density at radius 2 is 1.96 bits per heavy atom. The first kappa shape index (κ1) is 20.3.